The number of nitrogens with zero attached hydrogens (tertiary/aromatic N) is 3. The predicted molar refractivity (Wildman–Crippen MR) is 129 cm³/mol. The van der Waals surface area contributed by atoms with Crippen LogP contribution in [0.3, 0.4) is 0 Å². The predicted octanol–water partition coefficient (Wildman–Crippen LogP) is 3.30. The van der Waals surface area contributed by atoms with Crippen molar-refractivity contribution in [3.8, 4) is 17.4 Å². The number of hydrogen-bond acceptors (Lipinski definition) is 6. The van der Waals surface area contributed by atoms with Crippen LogP contribution < -0.4 is 20.1 Å². The molecule has 0 bridgehead atoms. The lowest BCUT2D eigenvalue weighted by Crippen LogP contribution is -2.40. The van der Waals surface area contributed by atoms with Gasteiger partial charge in [0, 0.05) is 58.7 Å². The average Bonchev–Trinajstić information content (AvgIpc) is 2.82. The van der Waals surface area contributed by atoms with E-state index in [0.29, 0.717) is 24.8 Å². The Morgan fingerprint density at radius 1 is 1.06 bits per heavy atom. The van der Waals surface area contributed by atoms with E-state index in [-0.39, 0.29) is 0 Å². The van der Waals surface area contributed by atoms with Crippen LogP contribution in [0, 0.1) is 0 Å². The van der Waals surface area contributed by atoms with Crippen molar-refractivity contribution in [1.82, 2.24) is 20.5 Å². The van der Waals surface area contributed by atoms with Crippen LogP contribution in [-0.2, 0) is 11.3 Å². The molecule has 1 heterocycles. The van der Waals surface area contributed by atoms with Crippen LogP contribution in [0.5, 0.6) is 17.4 Å². The molecule has 0 aliphatic heterocycles. The zero-order valence-corrected chi connectivity index (χ0v) is 19.8. The SMILES string of the molecule is CCCOc1ccc(Oc2ncccc2CNC(=NC)NCCN(C)CCCOC)cc1. The highest BCUT2D eigenvalue weighted by Crippen LogP contribution is 2.25. The van der Waals surface area contributed by atoms with Gasteiger partial charge in [0.15, 0.2) is 5.96 Å². The van der Waals surface area contributed by atoms with Crippen molar-refractivity contribution in [2.24, 2.45) is 4.99 Å². The van der Waals surface area contributed by atoms with Gasteiger partial charge in [0.05, 0.1) is 6.61 Å². The molecule has 0 saturated carbocycles. The first-order valence-electron chi connectivity index (χ1n) is 11.1. The Kier molecular flexibility index (Phi) is 12.0. The van der Waals surface area contributed by atoms with E-state index < -0.39 is 0 Å². The second-order valence-electron chi connectivity index (χ2n) is 7.39. The van der Waals surface area contributed by atoms with E-state index in [9.17, 15) is 0 Å². The van der Waals surface area contributed by atoms with Crippen molar-refractivity contribution in [3.05, 3.63) is 48.2 Å². The number of rotatable bonds is 14. The number of benzene rings is 1. The molecule has 2 aromatic rings. The summed E-state index contributed by atoms with van der Waals surface area (Å²) in [6.45, 7) is 6.84. The molecule has 2 rings (SSSR count). The van der Waals surface area contributed by atoms with Crippen LogP contribution >= 0.6 is 0 Å². The molecule has 176 valence electrons. The molecule has 0 unspecified atom stereocenters. The second-order valence-corrected chi connectivity index (χ2v) is 7.39. The summed E-state index contributed by atoms with van der Waals surface area (Å²) in [4.78, 5) is 11.0. The molecule has 1 aromatic heterocycles. The molecule has 0 spiro atoms. The highest BCUT2D eigenvalue weighted by molar-refractivity contribution is 5.79. The van der Waals surface area contributed by atoms with Crippen LogP contribution in [-0.4, -0.2) is 69.9 Å². The van der Waals surface area contributed by atoms with Crippen molar-refractivity contribution in [2.45, 2.75) is 26.3 Å². The van der Waals surface area contributed by atoms with Gasteiger partial charge in [0.1, 0.15) is 11.5 Å². The highest BCUT2D eigenvalue weighted by Gasteiger charge is 2.08. The number of ether oxygens (including phenoxy) is 3. The molecule has 2 N–H and O–H groups in total. The third kappa shape index (κ3) is 9.53. The summed E-state index contributed by atoms with van der Waals surface area (Å²) in [6.07, 6.45) is 3.73. The lowest BCUT2D eigenvalue weighted by atomic mass is 10.2. The normalized spacial score (nSPS) is 11.5. The Labute approximate surface area is 192 Å². The van der Waals surface area contributed by atoms with E-state index in [1.165, 1.54) is 0 Å². The zero-order valence-electron chi connectivity index (χ0n) is 19.8. The molecule has 0 radical (unpaired) electrons. The third-order valence-electron chi connectivity index (χ3n) is 4.71. The third-order valence-corrected chi connectivity index (χ3v) is 4.71. The number of aliphatic imine (C=N–C) groups is 1. The van der Waals surface area contributed by atoms with E-state index >= 15 is 0 Å². The molecule has 0 aliphatic carbocycles. The maximum absolute atomic E-state index is 6.01. The quantitative estimate of drug-likeness (QED) is 0.263. The minimum Gasteiger partial charge on any atom is -0.494 e. The number of hydrogen-bond donors (Lipinski definition) is 2. The Hall–Kier alpha value is -2.84. The summed E-state index contributed by atoms with van der Waals surface area (Å²) in [5.41, 5.74) is 0.943. The van der Waals surface area contributed by atoms with Crippen molar-refractivity contribution < 1.29 is 14.2 Å². The summed E-state index contributed by atoms with van der Waals surface area (Å²) in [5, 5.41) is 6.67. The van der Waals surface area contributed by atoms with Crippen LogP contribution in [0.15, 0.2) is 47.6 Å². The molecule has 32 heavy (non-hydrogen) atoms. The molecule has 0 atom stereocenters. The summed E-state index contributed by atoms with van der Waals surface area (Å²) >= 11 is 0. The monoisotopic (exact) mass is 443 g/mol. The lowest BCUT2D eigenvalue weighted by molar-refractivity contribution is 0.180. The number of nitrogens with one attached hydrogen (secondary N) is 2. The fraction of sp³-hybridized carbons (Fsp3) is 0.500. The van der Waals surface area contributed by atoms with Gasteiger partial charge in [-0.2, -0.15) is 0 Å². The topological polar surface area (TPSA) is 80.2 Å². The number of aromatic nitrogens is 1. The fourth-order valence-electron chi connectivity index (χ4n) is 2.94. The molecular weight excluding hydrogens is 406 g/mol. The lowest BCUT2D eigenvalue weighted by Gasteiger charge is -2.18. The highest BCUT2D eigenvalue weighted by atomic mass is 16.5. The summed E-state index contributed by atoms with van der Waals surface area (Å²) in [5.74, 6) is 2.85. The van der Waals surface area contributed by atoms with Gasteiger partial charge in [0.25, 0.3) is 0 Å². The summed E-state index contributed by atoms with van der Waals surface area (Å²) in [7, 11) is 5.60. The minimum atomic E-state index is 0.546. The van der Waals surface area contributed by atoms with Gasteiger partial charge in [-0.15, -0.1) is 0 Å². The maximum atomic E-state index is 6.01. The summed E-state index contributed by atoms with van der Waals surface area (Å²) < 4.78 is 16.7. The molecule has 8 heteroatoms. The first-order valence-corrected chi connectivity index (χ1v) is 11.1. The number of guanidine groups is 1. The van der Waals surface area contributed by atoms with Crippen LogP contribution in [0.4, 0.5) is 0 Å². The average molecular weight is 444 g/mol. The number of likely N-dealkylation sites (N-methyl/N-ethyl adjacent to an activating group) is 1. The van der Waals surface area contributed by atoms with Gasteiger partial charge in [-0.3, -0.25) is 4.99 Å². The largest absolute Gasteiger partial charge is 0.494 e. The van der Waals surface area contributed by atoms with E-state index in [1.807, 2.05) is 36.4 Å². The van der Waals surface area contributed by atoms with Crippen molar-refractivity contribution in [2.75, 3.05) is 54.1 Å². The zero-order chi connectivity index (χ0) is 23.0. The Morgan fingerprint density at radius 3 is 2.56 bits per heavy atom. The molecule has 0 saturated heterocycles. The summed E-state index contributed by atoms with van der Waals surface area (Å²) in [6, 6.07) is 11.5. The van der Waals surface area contributed by atoms with E-state index in [1.54, 1.807) is 20.4 Å². The van der Waals surface area contributed by atoms with Crippen molar-refractivity contribution >= 4 is 5.96 Å². The molecule has 8 nitrogen and oxygen atoms in total. The molecule has 0 amide bonds. The fourth-order valence-corrected chi connectivity index (χ4v) is 2.94. The van der Waals surface area contributed by atoms with Crippen molar-refractivity contribution in [1.29, 1.82) is 0 Å². The van der Waals surface area contributed by atoms with Gasteiger partial charge < -0.3 is 29.7 Å². The minimum absolute atomic E-state index is 0.546. The van der Waals surface area contributed by atoms with Crippen molar-refractivity contribution in [3.63, 3.8) is 0 Å². The van der Waals surface area contributed by atoms with Crippen LogP contribution in [0.25, 0.3) is 0 Å². The molecular formula is C24H37N5O3. The maximum Gasteiger partial charge on any atom is 0.224 e. The Bertz CT molecular complexity index is 798. The smallest absolute Gasteiger partial charge is 0.224 e. The Balaban J connectivity index is 1.83. The van der Waals surface area contributed by atoms with Gasteiger partial charge >= 0.3 is 0 Å². The van der Waals surface area contributed by atoms with E-state index in [4.69, 9.17) is 14.2 Å². The number of methoxy groups -OCH3 is 1. The Morgan fingerprint density at radius 2 is 1.84 bits per heavy atom. The van der Waals surface area contributed by atoms with Gasteiger partial charge in [-0.1, -0.05) is 13.0 Å². The van der Waals surface area contributed by atoms with Crippen LogP contribution in [0.1, 0.15) is 25.3 Å². The standard InChI is InChI=1S/C24H37N5O3/c1-5-17-31-21-9-11-22(12-10-21)32-23-20(8-6-13-26-23)19-28-24(25-2)27-14-16-29(3)15-7-18-30-4/h6,8-13H,5,7,14-19H2,1-4H3,(H2,25,27,28). The van der Waals surface area contributed by atoms with E-state index in [2.05, 4.69) is 39.5 Å². The van der Waals surface area contributed by atoms with E-state index in [0.717, 1.165) is 56.4 Å². The molecule has 1 aromatic carbocycles. The van der Waals surface area contributed by atoms with Gasteiger partial charge in [-0.25, -0.2) is 4.98 Å². The first kappa shape index (κ1) is 25.4. The van der Waals surface area contributed by atoms with Gasteiger partial charge in [0.2, 0.25) is 5.88 Å². The first-order chi connectivity index (χ1) is 15.7. The number of pyridine rings is 1. The molecule has 0 aliphatic rings. The van der Waals surface area contributed by atoms with Crippen LogP contribution in [0.2, 0.25) is 0 Å². The second kappa shape index (κ2) is 15.0. The van der Waals surface area contributed by atoms with Gasteiger partial charge in [-0.05, 0) is 50.2 Å². The molecule has 0 fully saturated rings.